The number of carbonyl (C=O) groups excluding carboxylic acids is 2. The van der Waals surface area contributed by atoms with Gasteiger partial charge in [-0.05, 0) is 55.3 Å². The Hall–Kier alpha value is -4.51. The molecule has 0 radical (unpaired) electrons. The molecule has 0 bridgehead atoms. The summed E-state index contributed by atoms with van der Waals surface area (Å²) in [6.07, 6.45) is -6.10. The molecule has 0 aliphatic carbocycles. The normalized spacial score (nSPS) is 14.0. The zero-order chi connectivity index (χ0) is 36.8. The van der Waals surface area contributed by atoms with Crippen molar-refractivity contribution < 1.29 is 45.4 Å². The fourth-order valence-corrected chi connectivity index (χ4v) is 8.58. The van der Waals surface area contributed by atoms with Crippen molar-refractivity contribution in [2.45, 2.75) is 55.0 Å². The lowest BCUT2D eigenvalue weighted by Crippen LogP contribution is -2.52. The molecule has 1 heterocycles. The van der Waals surface area contributed by atoms with E-state index in [1.807, 2.05) is 5.32 Å². The van der Waals surface area contributed by atoms with Gasteiger partial charge in [-0.1, -0.05) is 60.7 Å². The second-order valence-electron chi connectivity index (χ2n) is 11.4. The van der Waals surface area contributed by atoms with Crippen LogP contribution in [0, 0.1) is 5.82 Å². The van der Waals surface area contributed by atoms with Crippen LogP contribution < -0.4 is 16.4 Å². The molecule has 3 aromatic carbocycles. The van der Waals surface area contributed by atoms with Crippen LogP contribution in [-0.4, -0.2) is 61.8 Å². The molecular formula is C34H36F4N4O6S2. The van der Waals surface area contributed by atoms with Crippen molar-refractivity contribution in [3.05, 3.63) is 118 Å². The number of rotatable bonds is 13. The predicted octanol–water partition coefficient (Wildman–Crippen LogP) is 5.88. The number of amides is 2. The molecule has 0 spiro atoms. The number of alkyl halides is 3. The minimum atomic E-state index is -5.05. The van der Waals surface area contributed by atoms with Gasteiger partial charge in [0.2, 0.25) is 15.9 Å². The van der Waals surface area contributed by atoms with Crippen LogP contribution in [-0.2, 0) is 19.6 Å². The molecule has 3 atom stereocenters. The minimum Gasteiger partial charge on any atom is -0.453 e. The van der Waals surface area contributed by atoms with Crippen LogP contribution in [0.5, 0.6) is 0 Å². The topological polar surface area (TPSA) is 151 Å². The molecule has 0 aliphatic rings. The van der Waals surface area contributed by atoms with Crippen LogP contribution in [0.4, 0.5) is 28.0 Å². The van der Waals surface area contributed by atoms with Crippen molar-refractivity contribution in [1.29, 1.82) is 0 Å². The van der Waals surface area contributed by atoms with Crippen LogP contribution >= 0.6 is 11.3 Å². The second-order valence-corrected chi connectivity index (χ2v) is 14.4. The van der Waals surface area contributed by atoms with Crippen molar-refractivity contribution >= 4 is 39.0 Å². The molecule has 5 N–H and O–H groups in total. The maximum absolute atomic E-state index is 14.7. The third kappa shape index (κ3) is 8.61. The summed E-state index contributed by atoms with van der Waals surface area (Å²) in [4.78, 5) is 25.5. The van der Waals surface area contributed by atoms with E-state index in [-0.39, 0.29) is 10.6 Å². The average Bonchev–Trinajstić information content (AvgIpc) is 3.56. The first-order valence-corrected chi connectivity index (χ1v) is 17.5. The smallest absolute Gasteiger partial charge is 0.413 e. The van der Waals surface area contributed by atoms with Crippen molar-refractivity contribution in [3.63, 3.8) is 0 Å². The van der Waals surface area contributed by atoms with Gasteiger partial charge >= 0.3 is 12.3 Å². The number of sulfonamides is 1. The molecule has 0 saturated heterocycles. The van der Waals surface area contributed by atoms with Crippen molar-refractivity contribution in [2.24, 2.45) is 0 Å². The maximum Gasteiger partial charge on any atom is 0.413 e. The maximum atomic E-state index is 14.7. The van der Waals surface area contributed by atoms with E-state index in [1.165, 1.54) is 19.9 Å². The third-order valence-corrected chi connectivity index (χ3v) is 11.1. The van der Waals surface area contributed by atoms with E-state index in [4.69, 9.17) is 10.5 Å². The van der Waals surface area contributed by atoms with E-state index < -0.39 is 80.5 Å². The van der Waals surface area contributed by atoms with Crippen LogP contribution in [0.25, 0.3) is 0 Å². The molecule has 50 heavy (non-hydrogen) atoms. The number of alkyl carbamates (subject to hydrolysis) is 1. The number of halogens is 4. The average molecular weight is 737 g/mol. The van der Waals surface area contributed by atoms with Crippen LogP contribution in [0.1, 0.15) is 52.7 Å². The SMILES string of the molecule is COC(=O)N[C@H](C(=O)N[C@H](c1ccc([C@@H](CO)N(C(C)C)S(=O)(=O)c2ccc(N)c(F)c2)s1)C(F)(F)F)C(c1ccccc1)c1ccccc1. The summed E-state index contributed by atoms with van der Waals surface area (Å²) in [6, 6.07) is 15.7. The highest BCUT2D eigenvalue weighted by molar-refractivity contribution is 7.89. The van der Waals surface area contributed by atoms with E-state index in [1.54, 1.807) is 60.7 Å². The van der Waals surface area contributed by atoms with Crippen molar-refractivity contribution in [3.8, 4) is 0 Å². The fraction of sp³-hybridized carbons (Fsp3) is 0.294. The van der Waals surface area contributed by atoms with Gasteiger partial charge in [0.1, 0.15) is 11.9 Å². The quantitative estimate of drug-likeness (QED) is 0.0990. The molecule has 4 rings (SSSR count). The number of ether oxygens (including phenoxy) is 1. The Kier molecular flexibility index (Phi) is 12.3. The molecule has 0 fully saturated rings. The Morgan fingerprint density at radius 2 is 1.48 bits per heavy atom. The van der Waals surface area contributed by atoms with Gasteiger partial charge in [-0.2, -0.15) is 17.5 Å². The molecule has 16 heteroatoms. The van der Waals surface area contributed by atoms with E-state index >= 15 is 0 Å². The lowest BCUT2D eigenvalue weighted by atomic mass is 9.84. The number of benzene rings is 3. The number of carbonyl (C=O) groups is 2. The number of nitrogen functional groups attached to an aromatic ring is 1. The lowest BCUT2D eigenvalue weighted by Gasteiger charge is -2.32. The first kappa shape index (κ1) is 38.3. The van der Waals surface area contributed by atoms with E-state index in [0.29, 0.717) is 22.5 Å². The van der Waals surface area contributed by atoms with Crippen molar-refractivity contribution in [2.75, 3.05) is 19.5 Å². The van der Waals surface area contributed by atoms with Gasteiger partial charge in [0, 0.05) is 21.7 Å². The van der Waals surface area contributed by atoms with Crippen LogP contribution in [0.2, 0.25) is 0 Å². The summed E-state index contributed by atoms with van der Waals surface area (Å²) in [7, 11) is -3.45. The number of nitrogens with one attached hydrogen (secondary N) is 2. The second kappa shape index (κ2) is 16.0. The zero-order valence-corrected chi connectivity index (χ0v) is 28.7. The van der Waals surface area contributed by atoms with Gasteiger partial charge in [-0.3, -0.25) is 4.79 Å². The summed E-state index contributed by atoms with van der Waals surface area (Å²) in [5, 5.41) is 14.8. The summed E-state index contributed by atoms with van der Waals surface area (Å²) >= 11 is 0.530. The molecule has 0 aliphatic heterocycles. The zero-order valence-electron chi connectivity index (χ0n) is 27.1. The molecule has 0 saturated carbocycles. The third-order valence-electron chi connectivity index (χ3n) is 7.80. The molecule has 2 amide bonds. The fourth-order valence-electron chi connectivity index (χ4n) is 5.52. The number of methoxy groups -OCH3 is 1. The van der Waals surface area contributed by atoms with E-state index in [0.717, 1.165) is 35.7 Å². The Balaban J connectivity index is 1.73. The van der Waals surface area contributed by atoms with Gasteiger partial charge in [0.15, 0.2) is 6.04 Å². The van der Waals surface area contributed by atoms with Gasteiger partial charge < -0.3 is 26.2 Å². The Morgan fingerprint density at radius 1 is 0.920 bits per heavy atom. The molecule has 4 aromatic rings. The first-order valence-electron chi connectivity index (χ1n) is 15.2. The largest absolute Gasteiger partial charge is 0.453 e. The molecule has 0 unspecified atom stereocenters. The number of aliphatic hydroxyl groups excluding tert-OH is 1. The molecule has 1 aromatic heterocycles. The van der Waals surface area contributed by atoms with Crippen LogP contribution in [0.15, 0.2) is 95.9 Å². The Bertz CT molecular complexity index is 1840. The number of nitrogens with two attached hydrogens (primary N) is 1. The highest BCUT2D eigenvalue weighted by Crippen LogP contribution is 2.41. The van der Waals surface area contributed by atoms with Gasteiger partial charge in [-0.15, -0.1) is 11.3 Å². The van der Waals surface area contributed by atoms with Crippen molar-refractivity contribution in [1.82, 2.24) is 14.9 Å². The highest BCUT2D eigenvalue weighted by atomic mass is 32.2. The molecule has 10 nitrogen and oxygen atoms in total. The number of nitrogens with zero attached hydrogens (tertiary/aromatic N) is 1. The number of hydrogen-bond acceptors (Lipinski definition) is 8. The van der Waals surface area contributed by atoms with Crippen LogP contribution in [0.3, 0.4) is 0 Å². The molecule has 268 valence electrons. The lowest BCUT2D eigenvalue weighted by molar-refractivity contribution is -0.163. The standard InChI is InChI=1S/C34H36F4N4O6S2/c1-20(2)42(50(46,47)23-14-15-25(39)24(35)18-23)26(19-43)27-16-17-28(49-27)31(34(36,37)38)41-32(44)30(40-33(45)48-3)29(21-10-6-4-7-11-21)22-12-8-5-9-13-22/h4-18,20,26,29-31,43H,19,39H2,1-3H3,(H,40,45)(H,41,44)/t26-,30+,31-/m1/s1. The molecular weight excluding hydrogens is 701 g/mol. The van der Waals surface area contributed by atoms with Gasteiger partial charge in [0.05, 0.1) is 30.3 Å². The Morgan fingerprint density at radius 3 is 1.96 bits per heavy atom. The predicted molar refractivity (Wildman–Crippen MR) is 180 cm³/mol. The summed E-state index contributed by atoms with van der Waals surface area (Å²) < 4.78 is 91.4. The number of anilines is 1. The van der Waals surface area contributed by atoms with E-state index in [2.05, 4.69) is 5.32 Å². The monoisotopic (exact) mass is 736 g/mol. The minimum absolute atomic E-state index is 0.0230. The Labute approximate surface area is 290 Å². The number of thiophene rings is 1. The first-order chi connectivity index (χ1) is 23.6. The summed E-state index contributed by atoms with van der Waals surface area (Å²) in [5.74, 6) is -3.11. The number of hydrogen-bond donors (Lipinski definition) is 4. The summed E-state index contributed by atoms with van der Waals surface area (Å²) in [5.41, 5.74) is 6.27. The highest BCUT2D eigenvalue weighted by Gasteiger charge is 2.46. The summed E-state index contributed by atoms with van der Waals surface area (Å²) in [6.45, 7) is 2.15. The number of aliphatic hydroxyl groups is 1. The van der Waals surface area contributed by atoms with E-state index in [9.17, 15) is 40.7 Å². The van der Waals surface area contributed by atoms with Gasteiger partial charge in [0.25, 0.3) is 0 Å². The van der Waals surface area contributed by atoms with Gasteiger partial charge in [-0.25, -0.2) is 17.6 Å².